The topological polar surface area (TPSA) is 86.3 Å². The van der Waals surface area contributed by atoms with Gasteiger partial charge in [0.25, 0.3) is 0 Å². The molecule has 0 aliphatic carbocycles. The van der Waals surface area contributed by atoms with Crippen LogP contribution in [0.25, 0.3) is 0 Å². The van der Waals surface area contributed by atoms with Crippen LogP contribution in [0.1, 0.15) is 37.2 Å². The zero-order valence-electron chi connectivity index (χ0n) is 12.1. The van der Waals surface area contributed by atoms with Gasteiger partial charge >= 0.3 is 5.97 Å². The van der Waals surface area contributed by atoms with Gasteiger partial charge in [-0.25, -0.2) is 0 Å². The van der Waals surface area contributed by atoms with E-state index in [1.807, 2.05) is 13.8 Å². The largest absolute Gasteiger partial charge is 0.481 e. The number of amides is 1. The Hall–Kier alpha value is -1.85. The molecule has 0 saturated carbocycles. The molecule has 1 amide bonds. The van der Waals surface area contributed by atoms with Crippen LogP contribution in [0.15, 0.2) is 0 Å². The number of nitrogens with zero attached hydrogens (tertiary/aromatic N) is 2. The molecule has 0 fully saturated rings. The highest BCUT2D eigenvalue weighted by molar-refractivity contribution is 5.80. The summed E-state index contributed by atoms with van der Waals surface area (Å²) in [4.78, 5) is 24.5. The molecular formula is C13H21N3O3. The van der Waals surface area contributed by atoms with Gasteiger partial charge in [-0.15, -0.1) is 0 Å². The summed E-state index contributed by atoms with van der Waals surface area (Å²) in [6, 6.07) is 0. The fraction of sp³-hybridized carbons (Fsp3) is 0.615. The van der Waals surface area contributed by atoms with Crippen LogP contribution in [-0.4, -0.2) is 44.7 Å². The van der Waals surface area contributed by atoms with E-state index in [2.05, 4.69) is 10.2 Å². The van der Waals surface area contributed by atoms with E-state index in [9.17, 15) is 9.59 Å². The van der Waals surface area contributed by atoms with Crippen molar-refractivity contribution < 1.29 is 14.7 Å². The summed E-state index contributed by atoms with van der Waals surface area (Å²) < 4.78 is 0. The second-order valence-corrected chi connectivity index (χ2v) is 5.43. The Morgan fingerprint density at radius 1 is 1.37 bits per heavy atom. The summed E-state index contributed by atoms with van der Waals surface area (Å²) in [5.41, 5.74) is 1.84. The number of nitrogens with one attached hydrogen (secondary N) is 1. The van der Waals surface area contributed by atoms with Gasteiger partial charge < -0.3 is 10.0 Å². The third-order valence-corrected chi connectivity index (χ3v) is 3.47. The zero-order chi connectivity index (χ0) is 14.8. The quantitative estimate of drug-likeness (QED) is 0.841. The van der Waals surface area contributed by atoms with Crippen molar-refractivity contribution >= 4 is 11.9 Å². The second-order valence-electron chi connectivity index (χ2n) is 5.43. The number of hydrogen-bond acceptors (Lipinski definition) is 3. The molecule has 0 spiro atoms. The molecule has 1 aromatic rings. The van der Waals surface area contributed by atoms with Crippen LogP contribution in [-0.2, 0) is 16.0 Å². The van der Waals surface area contributed by atoms with Crippen molar-refractivity contribution in [1.29, 1.82) is 0 Å². The Morgan fingerprint density at radius 2 is 1.95 bits per heavy atom. The molecule has 1 aromatic heterocycles. The van der Waals surface area contributed by atoms with Crippen LogP contribution >= 0.6 is 0 Å². The van der Waals surface area contributed by atoms with E-state index >= 15 is 0 Å². The average Bonchev–Trinajstić information content (AvgIpc) is 2.58. The predicted molar refractivity (Wildman–Crippen MR) is 70.9 cm³/mol. The van der Waals surface area contributed by atoms with E-state index in [1.54, 1.807) is 20.9 Å². The number of carbonyl (C=O) groups is 2. The van der Waals surface area contributed by atoms with Crippen molar-refractivity contribution in [2.45, 2.75) is 46.1 Å². The number of aromatic amines is 1. The maximum Gasteiger partial charge on any atom is 0.305 e. The van der Waals surface area contributed by atoms with Crippen molar-refractivity contribution in [2.75, 3.05) is 7.05 Å². The minimum atomic E-state index is -0.916. The van der Waals surface area contributed by atoms with Gasteiger partial charge in [0.15, 0.2) is 0 Å². The number of carbonyl (C=O) groups excluding carboxylic acids is 1. The Bertz CT molecular complexity index is 472. The number of aliphatic carboxylic acids is 1. The molecule has 0 bridgehead atoms. The van der Waals surface area contributed by atoms with Crippen molar-refractivity contribution in [2.24, 2.45) is 0 Å². The highest BCUT2D eigenvalue weighted by Gasteiger charge is 2.30. The summed E-state index contributed by atoms with van der Waals surface area (Å²) in [5, 5.41) is 15.8. The first-order valence-corrected chi connectivity index (χ1v) is 6.14. The van der Waals surface area contributed by atoms with Crippen LogP contribution in [0.5, 0.6) is 0 Å². The van der Waals surface area contributed by atoms with Crippen LogP contribution < -0.4 is 0 Å². The Kier molecular flexibility index (Phi) is 4.34. The van der Waals surface area contributed by atoms with E-state index in [-0.39, 0.29) is 18.7 Å². The fourth-order valence-corrected chi connectivity index (χ4v) is 1.93. The van der Waals surface area contributed by atoms with E-state index in [1.165, 1.54) is 4.90 Å². The number of H-pyrrole nitrogens is 1. The Balaban J connectivity index is 2.81. The highest BCUT2D eigenvalue weighted by Crippen LogP contribution is 2.19. The number of carboxylic acids is 1. The summed E-state index contributed by atoms with van der Waals surface area (Å²) in [6.45, 7) is 7.20. The molecule has 0 aliphatic heterocycles. The van der Waals surface area contributed by atoms with Gasteiger partial charge in [0.2, 0.25) is 5.91 Å². The molecule has 0 aliphatic rings. The third-order valence-electron chi connectivity index (χ3n) is 3.47. The summed E-state index contributed by atoms with van der Waals surface area (Å²) >= 11 is 0. The number of likely N-dealkylation sites (N-methyl/N-ethyl adjacent to an activating group) is 1. The van der Waals surface area contributed by atoms with Gasteiger partial charge in [0.1, 0.15) is 0 Å². The summed E-state index contributed by atoms with van der Waals surface area (Å²) in [6.07, 6.45) is 0.145. The van der Waals surface area contributed by atoms with Crippen molar-refractivity contribution in [3.8, 4) is 0 Å². The molecule has 0 atom stereocenters. The third kappa shape index (κ3) is 3.56. The lowest BCUT2D eigenvalue weighted by Gasteiger charge is -2.34. The first kappa shape index (κ1) is 15.2. The number of aromatic nitrogens is 2. The predicted octanol–water partition coefficient (Wildman–Crippen LogP) is 1.28. The van der Waals surface area contributed by atoms with E-state index in [4.69, 9.17) is 5.11 Å². The van der Waals surface area contributed by atoms with E-state index < -0.39 is 11.5 Å². The first-order valence-electron chi connectivity index (χ1n) is 6.14. The minimum Gasteiger partial charge on any atom is -0.481 e. The highest BCUT2D eigenvalue weighted by atomic mass is 16.4. The van der Waals surface area contributed by atoms with E-state index in [0.717, 1.165) is 17.0 Å². The Morgan fingerprint density at radius 3 is 2.37 bits per heavy atom. The van der Waals surface area contributed by atoms with Gasteiger partial charge in [-0.1, -0.05) is 0 Å². The van der Waals surface area contributed by atoms with Gasteiger partial charge in [-0.2, -0.15) is 5.10 Å². The Labute approximate surface area is 112 Å². The molecule has 0 unspecified atom stereocenters. The standard InChI is InChI=1S/C13H21N3O3/c1-8-10(9(2)15-14-8)6-11(17)16(5)13(3,4)7-12(18)19/h6-7H2,1-5H3,(H,14,15)(H,18,19). The lowest BCUT2D eigenvalue weighted by atomic mass is 9.97. The van der Waals surface area contributed by atoms with E-state index in [0.29, 0.717) is 0 Å². The molecule has 106 valence electrons. The molecule has 0 radical (unpaired) electrons. The van der Waals surface area contributed by atoms with Crippen molar-refractivity contribution in [3.05, 3.63) is 17.0 Å². The van der Waals surface area contributed by atoms with Gasteiger partial charge in [0.05, 0.1) is 18.5 Å². The molecule has 0 aromatic carbocycles. The number of rotatable bonds is 5. The van der Waals surface area contributed by atoms with Gasteiger partial charge in [-0.3, -0.25) is 14.7 Å². The monoisotopic (exact) mass is 267 g/mol. The first-order chi connectivity index (χ1) is 8.65. The fourth-order valence-electron chi connectivity index (χ4n) is 1.93. The molecule has 6 nitrogen and oxygen atoms in total. The molecule has 6 heteroatoms. The SMILES string of the molecule is Cc1n[nH]c(C)c1CC(=O)N(C)C(C)(C)CC(=O)O. The lowest BCUT2D eigenvalue weighted by Crippen LogP contribution is -2.47. The van der Waals surface area contributed by atoms with Gasteiger partial charge in [0, 0.05) is 23.8 Å². The number of carboxylic acid groups (broad SMARTS) is 1. The average molecular weight is 267 g/mol. The number of aryl methyl sites for hydroxylation is 2. The molecule has 2 N–H and O–H groups in total. The summed E-state index contributed by atoms with van der Waals surface area (Å²) in [5.74, 6) is -1.03. The van der Waals surface area contributed by atoms with Crippen LogP contribution in [0.4, 0.5) is 0 Å². The molecule has 19 heavy (non-hydrogen) atoms. The van der Waals surface area contributed by atoms with Crippen LogP contribution in [0.2, 0.25) is 0 Å². The number of hydrogen-bond donors (Lipinski definition) is 2. The smallest absolute Gasteiger partial charge is 0.305 e. The van der Waals surface area contributed by atoms with Crippen molar-refractivity contribution in [3.63, 3.8) is 0 Å². The maximum atomic E-state index is 12.2. The molecular weight excluding hydrogens is 246 g/mol. The molecule has 1 heterocycles. The summed E-state index contributed by atoms with van der Waals surface area (Å²) in [7, 11) is 1.63. The van der Waals surface area contributed by atoms with Gasteiger partial charge in [-0.05, 0) is 27.7 Å². The maximum absolute atomic E-state index is 12.2. The normalized spacial score (nSPS) is 11.4. The van der Waals surface area contributed by atoms with Crippen LogP contribution in [0.3, 0.4) is 0 Å². The second kappa shape index (κ2) is 5.42. The van der Waals surface area contributed by atoms with Crippen LogP contribution in [0, 0.1) is 13.8 Å². The molecule has 0 saturated heterocycles. The molecule has 1 rings (SSSR count). The zero-order valence-corrected chi connectivity index (χ0v) is 12.1. The van der Waals surface area contributed by atoms with Crippen molar-refractivity contribution in [1.82, 2.24) is 15.1 Å². The minimum absolute atomic E-state index is 0.0847. The lowest BCUT2D eigenvalue weighted by molar-refractivity contribution is -0.142.